The highest BCUT2D eigenvalue weighted by Gasteiger charge is 2.09. The topological polar surface area (TPSA) is 43.4 Å². The molecule has 0 unspecified atom stereocenters. The van der Waals surface area contributed by atoms with Crippen LogP contribution in [0.4, 0.5) is 0 Å². The SMILES string of the molecule is CCC(=O)OC(=O)CC(C)C. The first-order valence-electron chi connectivity index (χ1n) is 3.79. The van der Waals surface area contributed by atoms with E-state index in [9.17, 15) is 9.59 Å². The summed E-state index contributed by atoms with van der Waals surface area (Å²) in [7, 11) is 0. The molecule has 3 nitrogen and oxygen atoms in total. The maximum absolute atomic E-state index is 10.8. The van der Waals surface area contributed by atoms with Crippen molar-refractivity contribution >= 4 is 11.9 Å². The van der Waals surface area contributed by atoms with E-state index < -0.39 is 11.9 Å². The zero-order valence-corrected chi connectivity index (χ0v) is 7.22. The molecule has 3 heteroatoms. The van der Waals surface area contributed by atoms with Crippen LogP contribution in [0.2, 0.25) is 0 Å². The van der Waals surface area contributed by atoms with Crippen molar-refractivity contribution in [3.8, 4) is 0 Å². The molecule has 0 bridgehead atoms. The van der Waals surface area contributed by atoms with Crippen molar-refractivity contribution in [2.24, 2.45) is 5.92 Å². The lowest BCUT2D eigenvalue weighted by Gasteiger charge is -2.02. The Morgan fingerprint density at radius 1 is 1.27 bits per heavy atom. The van der Waals surface area contributed by atoms with Crippen molar-refractivity contribution in [3.05, 3.63) is 0 Å². The zero-order valence-electron chi connectivity index (χ0n) is 7.22. The van der Waals surface area contributed by atoms with Crippen molar-refractivity contribution < 1.29 is 14.3 Å². The van der Waals surface area contributed by atoms with E-state index in [1.807, 2.05) is 13.8 Å². The van der Waals surface area contributed by atoms with Crippen molar-refractivity contribution in [1.82, 2.24) is 0 Å². The molecule has 0 heterocycles. The van der Waals surface area contributed by atoms with Crippen LogP contribution >= 0.6 is 0 Å². The largest absolute Gasteiger partial charge is 0.393 e. The summed E-state index contributed by atoms with van der Waals surface area (Å²) >= 11 is 0. The second kappa shape index (κ2) is 4.88. The number of carbonyl (C=O) groups excluding carboxylic acids is 2. The molecule has 0 aliphatic heterocycles. The first kappa shape index (κ1) is 10.1. The fourth-order valence-electron chi connectivity index (χ4n) is 0.574. The number of hydrogen-bond donors (Lipinski definition) is 0. The fraction of sp³-hybridized carbons (Fsp3) is 0.750. The molecule has 0 saturated carbocycles. The van der Waals surface area contributed by atoms with Crippen LogP contribution in [-0.2, 0) is 14.3 Å². The Labute approximate surface area is 66.7 Å². The third kappa shape index (κ3) is 5.58. The Kier molecular flexibility index (Phi) is 4.50. The van der Waals surface area contributed by atoms with Crippen molar-refractivity contribution in [2.75, 3.05) is 0 Å². The van der Waals surface area contributed by atoms with Gasteiger partial charge in [0.25, 0.3) is 0 Å². The van der Waals surface area contributed by atoms with E-state index >= 15 is 0 Å². The predicted molar refractivity (Wildman–Crippen MR) is 40.8 cm³/mol. The third-order valence-corrected chi connectivity index (χ3v) is 1.09. The van der Waals surface area contributed by atoms with Gasteiger partial charge in [-0.25, -0.2) is 0 Å². The first-order valence-corrected chi connectivity index (χ1v) is 3.79. The molecule has 0 N–H and O–H groups in total. The molecule has 0 rings (SSSR count). The summed E-state index contributed by atoms with van der Waals surface area (Å²) in [5, 5.41) is 0. The van der Waals surface area contributed by atoms with E-state index in [1.54, 1.807) is 6.92 Å². The minimum absolute atomic E-state index is 0.243. The van der Waals surface area contributed by atoms with Crippen LogP contribution in [0.25, 0.3) is 0 Å². The van der Waals surface area contributed by atoms with E-state index in [1.165, 1.54) is 0 Å². The summed E-state index contributed by atoms with van der Waals surface area (Å²) < 4.78 is 4.43. The zero-order chi connectivity index (χ0) is 8.85. The Morgan fingerprint density at radius 3 is 2.18 bits per heavy atom. The predicted octanol–water partition coefficient (Wildman–Crippen LogP) is 1.51. The molecule has 64 valence electrons. The smallest absolute Gasteiger partial charge is 0.313 e. The standard InChI is InChI=1S/C8H14O3/c1-4-7(9)11-8(10)5-6(2)3/h6H,4-5H2,1-3H3. The lowest BCUT2D eigenvalue weighted by Crippen LogP contribution is -2.12. The normalized spacial score (nSPS) is 9.82. The van der Waals surface area contributed by atoms with E-state index in [-0.39, 0.29) is 12.3 Å². The summed E-state index contributed by atoms with van der Waals surface area (Å²) in [5.41, 5.74) is 0. The van der Waals surface area contributed by atoms with Crippen molar-refractivity contribution in [2.45, 2.75) is 33.6 Å². The maximum atomic E-state index is 10.8. The van der Waals surface area contributed by atoms with Crippen molar-refractivity contribution in [3.63, 3.8) is 0 Å². The molecule has 0 radical (unpaired) electrons. The average Bonchev–Trinajstić information content (AvgIpc) is 1.85. The van der Waals surface area contributed by atoms with E-state index in [2.05, 4.69) is 4.74 Å². The molecule has 0 aliphatic carbocycles. The summed E-state index contributed by atoms with van der Waals surface area (Å²) in [6.45, 7) is 5.46. The molecular formula is C8H14O3. The molecule has 0 aromatic heterocycles. The highest BCUT2D eigenvalue weighted by atomic mass is 16.6. The molecule has 0 spiro atoms. The van der Waals surface area contributed by atoms with Crippen LogP contribution in [0.15, 0.2) is 0 Å². The van der Waals surface area contributed by atoms with Crippen LogP contribution < -0.4 is 0 Å². The molecule has 0 amide bonds. The Hall–Kier alpha value is -0.860. The van der Waals surface area contributed by atoms with Gasteiger partial charge < -0.3 is 4.74 Å². The Morgan fingerprint density at radius 2 is 1.82 bits per heavy atom. The Balaban J connectivity index is 3.61. The minimum Gasteiger partial charge on any atom is -0.393 e. The first-order chi connectivity index (χ1) is 5.06. The van der Waals surface area contributed by atoms with Gasteiger partial charge in [0, 0.05) is 12.8 Å². The quantitative estimate of drug-likeness (QED) is 0.462. The van der Waals surface area contributed by atoms with E-state index in [0.29, 0.717) is 6.42 Å². The molecule has 0 aliphatic rings. The van der Waals surface area contributed by atoms with Gasteiger partial charge in [0.1, 0.15) is 0 Å². The number of ether oxygens (including phenoxy) is 1. The van der Waals surface area contributed by atoms with Gasteiger partial charge in [0.2, 0.25) is 0 Å². The molecule has 0 aromatic carbocycles. The molecule has 0 saturated heterocycles. The van der Waals surface area contributed by atoms with Gasteiger partial charge in [-0.15, -0.1) is 0 Å². The van der Waals surface area contributed by atoms with Gasteiger partial charge in [-0.3, -0.25) is 9.59 Å². The lowest BCUT2D eigenvalue weighted by atomic mass is 10.1. The second-order valence-corrected chi connectivity index (χ2v) is 2.80. The van der Waals surface area contributed by atoms with E-state index in [0.717, 1.165) is 0 Å². The van der Waals surface area contributed by atoms with Crippen LogP contribution in [0, 0.1) is 5.92 Å². The monoisotopic (exact) mass is 158 g/mol. The van der Waals surface area contributed by atoms with Gasteiger partial charge in [-0.2, -0.15) is 0 Å². The molecule has 11 heavy (non-hydrogen) atoms. The molecule has 0 aromatic rings. The summed E-state index contributed by atoms with van der Waals surface area (Å²) in [6.07, 6.45) is 0.565. The molecule has 0 atom stereocenters. The summed E-state index contributed by atoms with van der Waals surface area (Å²) in [5.74, 6) is -0.630. The number of esters is 2. The maximum Gasteiger partial charge on any atom is 0.313 e. The van der Waals surface area contributed by atoms with E-state index in [4.69, 9.17) is 0 Å². The van der Waals surface area contributed by atoms with Crippen molar-refractivity contribution in [1.29, 1.82) is 0 Å². The second-order valence-electron chi connectivity index (χ2n) is 2.80. The van der Waals surface area contributed by atoms with Gasteiger partial charge >= 0.3 is 11.9 Å². The summed E-state index contributed by atoms with van der Waals surface area (Å²) in [4.78, 5) is 21.3. The average molecular weight is 158 g/mol. The highest BCUT2D eigenvalue weighted by molar-refractivity contribution is 5.85. The molecule has 0 fully saturated rings. The molecular weight excluding hydrogens is 144 g/mol. The van der Waals surface area contributed by atoms with Gasteiger partial charge in [-0.1, -0.05) is 20.8 Å². The number of hydrogen-bond acceptors (Lipinski definition) is 3. The number of carbonyl (C=O) groups is 2. The van der Waals surface area contributed by atoms with Gasteiger partial charge in [-0.05, 0) is 5.92 Å². The Bertz CT molecular complexity index is 149. The van der Waals surface area contributed by atoms with Crippen LogP contribution in [0.5, 0.6) is 0 Å². The van der Waals surface area contributed by atoms with Crippen LogP contribution in [0.1, 0.15) is 33.6 Å². The summed E-state index contributed by atoms with van der Waals surface area (Å²) in [6, 6.07) is 0. The third-order valence-electron chi connectivity index (χ3n) is 1.09. The van der Waals surface area contributed by atoms with Crippen LogP contribution in [0.3, 0.4) is 0 Å². The fourth-order valence-corrected chi connectivity index (χ4v) is 0.574. The number of rotatable bonds is 3. The van der Waals surface area contributed by atoms with Crippen LogP contribution in [-0.4, -0.2) is 11.9 Å². The lowest BCUT2D eigenvalue weighted by molar-refractivity contribution is -0.159. The minimum atomic E-state index is -0.448. The van der Waals surface area contributed by atoms with Gasteiger partial charge in [0.15, 0.2) is 0 Å². The highest BCUT2D eigenvalue weighted by Crippen LogP contribution is 2.01. The van der Waals surface area contributed by atoms with Gasteiger partial charge in [0.05, 0.1) is 0 Å².